The van der Waals surface area contributed by atoms with Crippen molar-refractivity contribution in [2.24, 2.45) is 17.8 Å². The number of anilines is 1. The summed E-state index contributed by atoms with van der Waals surface area (Å²) in [5.74, 6) is -5.29. The van der Waals surface area contributed by atoms with E-state index >= 15 is 0 Å². The molecule has 214 valence electrons. The topological polar surface area (TPSA) is 113 Å². The number of ether oxygens (including phenoxy) is 2. The lowest BCUT2D eigenvalue weighted by molar-refractivity contribution is -0.138. The molecule has 2 aliphatic heterocycles. The number of aromatic hydroxyl groups is 1. The average Bonchev–Trinajstić information content (AvgIpc) is 3.31. The fraction of sp³-hybridized carbons (Fsp3) is 0.379. The van der Waals surface area contributed by atoms with E-state index in [1.165, 1.54) is 31.3 Å². The maximum absolute atomic E-state index is 14.0. The number of para-hydroxylation sites is 1. The number of hydrogen-bond donors (Lipinski definition) is 1. The number of phenols is 1. The molecule has 6 atom stereocenters. The molecule has 3 fully saturated rings. The second kappa shape index (κ2) is 9.74. The molecule has 0 unspecified atom stereocenters. The van der Waals surface area contributed by atoms with Crippen LogP contribution in [0.3, 0.4) is 0 Å². The van der Waals surface area contributed by atoms with E-state index in [1.54, 1.807) is 30.3 Å². The van der Waals surface area contributed by atoms with Crippen LogP contribution < -0.4 is 14.4 Å². The third kappa shape index (κ3) is 3.59. The molecule has 1 N–H and O–H groups in total. The normalized spacial score (nSPS) is 32.5. The number of benzene rings is 2. The number of fused-ring (bicyclic) bond motifs is 4. The number of carbonyl (C=O) groups excluding carboxylic acids is 4. The predicted octanol–water partition coefficient (Wildman–Crippen LogP) is 4.33. The lowest BCUT2D eigenvalue weighted by atomic mass is 9.56. The number of phenolic OH excluding ortho intramolecular Hbond substituents is 1. The number of halogens is 3. The Morgan fingerprint density at radius 3 is 2.20 bits per heavy atom. The zero-order valence-corrected chi connectivity index (χ0v) is 25.1. The Bertz CT molecular complexity index is 1510. The number of hydrogen-bond acceptors (Lipinski definition) is 7. The average molecular weight is 664 g/mol. The van der Waals surface area contributed by atoms with Crippen molar-refractivity contribution in [1.82, 2.24) is 4.90 Å². The highest BCUT2D eigenvalue weighted by Crippen LogP contribution is 2.67. The SMILES string of the molecule is COc1cc(O)cc(OC)c1[C@H]1C2=CC[C@@H]3C(=O)N(c4ccccc4)C(=O)[C@@H]3[C@@H]2C[C@@]2(Cl)C(=O)N(CBr)C(=O)[C@@]12Cl. The lowest BCUT2D eigenvalue weighted by Gasteiger charge is -2.51. The minimum Gasteiger partial charge on any atom is -0.508 e. The molecule has 2 saturated heterocycles. The quantitative estimate of drug-likeness (QED) is 0.219. The molecule has 2 heterocycles. The van der Waals surface area contributed by atoms with Gasteiger partial charge in [0, 0.05) is 23.6 Å². The molecule has 0 bridgehead atoms. The number of methoxy groups -OCH3 is 2. The van der Waals surface area contributed by atoms with Gasteiger partial charge in [-0.05, 0) is 30.9 Å². The minimum absolute atomic E-state index is 0.139. The predicted molar refractivity (Wildman–Crippen MR) is 153 cm³/mol. The first kappa shape index (κ1) is 28.1. The zero-order valence-electron chi connectivity index (χ0n) is 22.0. The molecule has 2 aromatic rings. The van der Waals surface area contributed by atoms with Crippen LogP contribution in [-0.4, -0.2) is 63.1 Å². The van der Waals surface area contributed by atoms with Crippen LogP contribution in [0.1, 0.15) is 24.3 Å². The molecular formula is C29H25BrCl2N2O7. The van der Waals surface area contributed by atoms with Gasteiger partial charge in [-0.1, -0.05) is 45.8 Å². The van der Waals surface area contributed by atoms with E-state index < -0.39 is 51.1 Å². The molecule has 2 aliphatic carbocycles. The summed E-state index contributed by atoms with van der Waals surface area (Å²) in [4.78, 5) is 53.6. The van der Waals surface area contributed by atoms with Gasteiger partial charge in [0.1, 0.15) is 17.2 Å². The molecular weight excluding hydrogens is 639 g/mol. The Morgan fingerprint density at radius 2 is 1.61 bits per heavy atom. The van der Waals surface area contributed by atoms with E-state index in [0.717, 1.165) is 4.90 Å². The number of amides is 4. The zero-order chi connectivity index (χ0) is 29.4. The van der Waals surface area contributed by atoms with E-state index in [0.29, 0.717) is 16.8 Å². The van der Waals surface area contributed by atoms with Crippen LogP contribution in [0.2, 0.25) is 0 Å². The van der Waals surface area contributed by atoms with Gasteiger partial charge in [-0.25, -0.2) is 0 Å². The number of carbonyl (C=O) groups is 4. The third-order valence-corrected chi connectivity index (χ3v) is 10.8. The van der Waals surface area contributed by atoms with Gasteiger partial charge < -0.3 is 14.6 Å². The van der Waals surface area contributed by atoms with Crippen molar-refractivity contribution in [2.45, 2.75) is 28.5 Å². The Hall–Kier alpha value is -3.08. The van der Waals surface area contributed by atoms with Crippen LogP contribution >= 0.6 is 39.1 Å². The minimum atomic E-state index is -2.03. The molecule has 0 radical (unpaired) electrons. The standard InChI is InChI=1S/C29H25BrCl2N2O7/c1-40-19-10-15(35)11-20(41-2)22(19)23-16-8-9-17-21(25(37)34(24(17)36)14-6-4-3-5-7-14)18(16)12-28(31)26(38)33(13-30)27(39)29(23,28)32/h3-8,10-11,17-18,21,23,35H,9,12-13H2,1-2H3/t17-,18+,21-,23+,28+,29-/m0/s1. The van der Waals surface area contributed by atoms with Gasteiger partial charge in [-0.2, -0.15) is 0 Å². The van der Waals surface area contributed by atoms with E-state index in [2.05, 4.69) is 15.9 Å². The highest BCUT2D eigenvalue weighted by Gasteiger charge is 2.76. The van der Waals surface area contributed by atoms with Crippen molar-refractivity contribution in [3.8, 4) is 17.2 Å². The first-order valence-corrected chi connectivity index (χ1v) is 14.8. The molecule has 0 aromatic heterocycles. The molecule has 4 amide bonds. The van der Waals surface area contributed by atoms with Crippen molar-refractivity contribution in [2.75, 3.05) is 24.6 Å². The molecule has 6 rings (SSSR count). The van der Waals surface area contributed by atoms with Gasteiger partial charge in [0.2, 0.25) is 11.8 Å². The highest BCUT2D eigenvalue weighted by molar-refractivity contribution is 9.09. The van der Waals surface area contributed by atoms with Crippen molar-refractivity contribution < 1.29 is 33.8 Å². The molecule has 1 saturated carbocycles. The maximum Gasteiger partial charge on any atom is 0.254 e. The second-order valence-corrected chi connectivity index (χ2v) is 12.3. The number of nitrogens with zero attached hydrogens (tertiary/aromatic N) is 2. The number of likely N-dealkylation sites (tertiary alicyclic amines) is 1. The summed E-state index contributed by atoms with van der Waals surface area (Å²) in [6.45, 7) is 0. The largest absolute Gasteiger partial charge is 0.508 e. The van der Waals surface area contributed by atoms with Gasteiger partial charge in [-0.3, -0.25) is 29.0 Å². The summed E-state index contributed by atoms with van der Waals surface area (Å²) in [6.07, 6.45) is 1.91. The van der Waals surface area contributed by atoms with Crippen LogP contribution in [0.5, 0.6) is 17.2 Å². The Kier molecular flexibility index (Phi) is 6.67. The summed E-state index contributed by atoms with van der Waals surface area (Å²) >= 11 is 17.8. The molecule has 2 aromatic carbocycles. The molecule has 0 spiro atoms. The number of alkyl halides is 3. The molecule has 9 nitrogen and oxygen atoms in total. The monoisotopic (exact) mass is 662 g/mol. The van der Waals surface area contributed by atoms with Crippen molar-refractivity contribution in [1.29, 1.82) is 0 Å². The Labute approximate surface area is 254 Å². The van der Waals surface area contributed by atoms with Gasteiger partial charge >= 0.3 is 0 Å². The smallest absolute Gasteiger partial charge is 0.254 e. The van der Waals surface area contributed by atoms with Gasteiger partial charge in [0.25, 0.3) is 11.8 Å². The van der Waals surface area contributed by atoms with Gasteiger partial charge in [0.15, 0.2) is 9.75 Å². The first-order valence-electron chi connectivity index (χ1n) is 12.9. The molecule has 4 aliphatic rings. The van der Waals surface area contributed by atoms with E-state index in [9.17, 15) is 24.3 Å². The third-order valence-electron chi connectivity index (χ3n) is 8.85. The summed E-state index contributed by atoms with van der Waals surface area (Å²) in [5.41, 5.74) is 1.21. The van der Waals surface area contributed by atoms with E-state index in [4.69, 9.17) is 32.7 Å². The Morgan fingerprint density at radius 1 is 0.976 bits per heavy atom. The lowest BCUT2D eigenvalue weighted by Crippen LogP contribution is -2.60. The molecule has 12 heteroatoms. The van der Waals surface area contributed by atoms with Crippen molar-refractivity contribution in [3.05, 3.63) is 59.7 Å². The van der Waals surface area contributed by atoms with Crippen molar-refractivity contribution >= 4 is 68.4 Å². The van der Waals surface area contributed by atoms with Crippen molar-refractivity contribution in [3.63, 3.8) is 0 Å². The second-order valence-electron chi connectivity index (χ2n) is 10.6. The number of rotatable bonds is 5. The van der Waals surface area contributed by atoms with Crippen LogP contribution in [0.4, 0.5) is 5.69 Å². The van der Waals surface area contributed by atoms with Crippen LogP contribution in [0.25, 0.3) is 0 Å². The summed E-state index contributed by atoms with van der Waals surface area (Å²) < 4.78 is 11.3. The molecule has 41 heavy (non-hydrogen) atoms. The highest BCUT2D eigenvalue weighted by atomic mass is 79.9. The van der Waals surface area contributed by atoms with Gasteiger partial charge in [0.05, 0.1) is 37.2 Å². The fourth-order valence-electron chi connectivity index (χ4n) is 7.11. The Balaban J connectivity index is 1.59. The van der Waals surface area contributed by atoms with Crippen LogP contribution in [0, 0.1) is 17.8 Å². The van der Waals surface area contributed by atoms with Crippen LogP contribution in [-0.2, 0) is 19.2 Å². The summed E-state index contributed by atoms with van der Waals surface area (Å²) in [7, 11) is 2.78. The van der Waals surface area contributed by atoms with E-state index in [-0.39, 0.29) is 41.5 Å². The number of allylic oxidation sites excluding steroid dienone is 2. The number of imide groups is 2. The van der Waals surface area contributed by atoms with Gasteiger partial charge in [-0.15, -0.1) is 23.2 Å². The summed E-state index contributed by atoms with van der Waals surface area (Å²) in [6, 6.07) is 11.4. The van der Waals surface area contributed by atoms with Crippen LogP contribution in [0.15, 0.2) is 54.1 Å². The maximum atomic E-state index is 14.0. The van der Waals surface area contributed by atoms with E-state index in [1.807, 2.05) is 6.08 Å². The first-order chi connectivity index (χ1) is 19.5. The fourth-order valence-corrected chi connectivity index (χ4v) is 8.52. The summed E-state index contributed by atoms with van der Waals surface area (Å²) in [5, 5.41) is 10.4.